The Labute approximate surface area is 111 Å². The highest BCUT2D eigenvalue weighted by atomic mass is 33.1. The first-order chi connectivity index (χ1) is 8.68. The first kappa shape index (κ1) is 13.0. The Morgan fingerprint density at radius 3 is 2.33 bits per heavy atom. The van der Waals surface area contributed by atoms with Crippen molar-refractivity contribution in [3.8, 4) is 0 Å². The number of hydrogen-bond acceptors (Lipinski definition) is 3. The summed E-state index contributed by atoms with van der Waals surface area (Å²) < 4.78 is 12.2. The molecule has 0 bridgehead atoms. The Kier molecular flexibility index (Phi) is 4.30. The molecule has 0 aliphatic carbocycles. The number of benzene rings is 2. The van der Waals surface area contributed by atoms with Gasteiger partial charge in [0.2, 0.25) is 0 Å². The van der Waals surface area contributed by atoms with Gasteiger partial charge in [-0.05, 0) is 24.3 Å². The standard InChI is InChI=1S/C13H10O3S2/c14-13(15)11-8-4-5-9-12(11)18(16)17-10-6-2-1-3-7-10/h1-9H,(H,14,15). The maximum atomic E-state index is 12.2. The normalized spacial score (nSPS) is 12.1. The zero-order valence-electron chi connectivity index (χ0n) is 9.28. The summed E-state index contributed by atoms with van der Waals surface area (Å²) in [6.45, 7) is 0. The van der Waals surface area contributed by atoms with Crippen LogP contribution >= 0.6 is 10.8 Å². The predicted octanol–water partition coefficient (Wildman–Crippen LogP) is 3.20. The summed E-state index contributed by atoms with van der Waals surface area (Å²) >= 11 is 0. The van der Waals surface area contributed by atoms with Gasteiger partial charge in [0.1, 0.15) is 16.4 Å². The van der Waals surface area contributed by atoms with Crippen LogP contribution < -0.4 is 0 Å². The molecule has 0 spiro atoms. The second-order valence-corrected chi connectivity index (χ2v) is 6.39. The van der Waals surface area contributed by atoms with Crippen molar-refractivity contribution >= 4 is 27.0 Å². The van der Waals surface area contributed by atoms with Crippen molar-refractivity contribution in [2.75, 3.05) is 0 Å². The Balaban J connectivity index is 2.24. The lowest BCUT2D eigenvalue weighted by molar-refractivity contribution is 0.0693. The summed E-state index contributed by atoms with van der Waals surface area (Å²) in [5.74, 6) is -1.06. The van der Waals surface area contributed by atoms with Crippen molar-refractivity contribution in [1.82, 2.24) is 0 Å². The van der Waals surface area contributed by atoms with Crippen molar-refractivity contribution in [2.24, 2.45) is 0 Å². The molecule has 0 aliphatic rings. The van der Waals surface area contributed by atoms with Crippen molar-refractivity contribution < 1.29 is 14.5 Å². The Bertz CT molecular complexity index is 543. The van der Waals surface area contributed by atoms with Crippen molar-refractivity contribution in [3.63, 3.8) is 0 Å². The van der Waals surface area contributed by atoms with Gasteiger partial charge in [-0.15, -0.1) is 0 Å². The second-order valence-electron chi connectivity index (χ2n) is 3.43. The lowest BCUT2D eigenvalue weighted by atomic mass is 10.2. The van der Waals surface area contributed by atoms with E-state index in [1.165, 1.54) is 6.07 Å². The van der Waals surface area contributed by atoms with Crippen LogP contribution in [-0.2, 0) is 10.2 Å². The highest BCUT2D eigenvalue weighted by molar-refractivity contribution is 8.72. The number of carbonyl (C=O) groups is 1. The average Bonchev–Trinajstić information content (AvgIpc) is 2.40. The van der Waals surface area contributed by atoms with Crippen LogP contribution in [-0.4, -0.2) is 15.6 Å². The van der Waals surface area contributed by atoms with Gasteiger partial charge in [0.15, 0.2) is 4.90 Å². The maximum Gasteiger partial charge on any atom is 0.340 e. The summed E-state index contributed by atoms with van der Waals surface area (Å²) in [7, 11) is -0.294. The van der Waals surface area contributed by atoms with Crippen LogP contribution in [0.2, 0.25) is 0 Å². The molecule has 2 aromatic rings. The number of rotatable bonds is 4. The molecular formula is C13H10O3S2. The largest absolute Gasteiger partial charge is 0.600 e. The van der Waals surface area contributed by atoms with Gasteiger partial charge in [-0.3, -0.25) is 0 Å². The molecule has 5 heteroatoms. The minimum absolute atomic E-state index is 0.0827. The van der Waals surface area contributed by atoms with Gasteiger partial charge in [0, 0.05) is 0 Å². The predicted molar refractivity (Wildman–Crippen MR) is 72.1 cm³/mol. The fraction of sp³-hybridized carbons (Fsp3) is 0. The lowest BCUT2D eigenvalue weighted by Crippen LogP contribution is -2.05. The Hall–Kier alpha value is -1.43. The van der Waals surface area contributed by atoms with Gasteiger partial charge in [0.25, 0.3) is 0 Å². The SMILES string of the molecule is O=C(O)c1ccccc1[S+]([O-])Sc1ccccc1. The van der Waals surface area contributed by atoms with Crippen LogP contribution in [0.1, 0.15) is 10.4 Å². The first-order valence-electron chi connectivity index (χ1n) is 5.16. The summed E-state index contributed by atoms with van der Waals surface area (Å²) in [4.78, 5) is 12.2. The fourth-order valence-corrected chi connectivity index (χ4v) is 4.02. The molecule has 1 atom stereocenters. The molecule has 0 amide bonds. The molecule has 0 aromatic heterocycles. The van der Waals surface area contributed by atoms with Crippen LogP contribution in [0.5, 0.6) is 0 Å². The number of hydrogen-bond donors (Lipinski definition) is 1. The van der Waals surface area contributed by atoms with Crippen molar-refractivity contribution in [1.29, 1.82) is 0 Å². The summed E-state index contributed by atoms with van der Waals surface area (Å²) in [6.07, 6.45) is 0. The van der Waals surface area contributed by atoms with Crippen LogP contribution in [0.15, 0.2) is 64.4 Å². The zero-order valence-corrected chi connectivity index (χ0v) is 10.9. The van der Waals surface area contributed by atoms with Gasteiger partial charge in [-0.2, -0.15) is 0 Å². The van der Waals surface area contributed by atoms with E-state index in [0.29, 0.717) is 4.90 Å². The van der Waals surface area contributed by atoms with E-state index in [9.17, 15) is 9.35 Å². The quantitative estimate of drug-likeness (QED) is 0.689. The van der Waals surface area contributed by atoms with E-state index in [1.54, 1.807) is 18.2 Å². The molecule has 0 radical (unpaired) electrons. The van der Waals surface area contributed by atoms with E-state index < -0.39 is 16.2 Å². The number of carboxylic acids is 1. The van der Waals surface area contributed by atoms with Crippen LogP contribution in [0.25, 0.3) is 0 Å². The van der Waals surface area contributed by atoms with Gasteiger partial charge in [-0.25, -0.2) is 4.79 Å². The lowest BCUT2D eigenvalue weighted by Gasteiger charge is -2.09. The minimum Gasteiger partial charge on any atom is -0.600 e. The van der Waals surface area contributed by atoms with Crippen LogP contribution in [0, 0.1) is 0 Å². The topological polar surface area (TPSA) is 60.4 Å². The van der Waals surface area contributed by atoms with Crippen molar-refractivity contribution in [3.05, 3.63) is 60.2 Å². The Morgan fingerprint density at radius 1 is 1.06 bits per heavy atom. The van der Waals surface area contributed by atoms with E-state index in [1.807, 2.05) is 30.3 Å². The molecule has 0 heterocycles. The summed E-state index contributed by atoms with van der Waals surface area (Å²) in [5, 5.41) is 9.04. The summed E-state index contributed by atoms with van der Waals surface area (Å²) in [6, 6.07) is 15.6. The molecule has 0 saturated heterocycles. The summed E-state index contributed by atoms with van der Waals surface area (Å²) in [5.41, 5.74) is 0.0827. The fourth-order valence-electron chi connectivity index (χ4n) is 1.40. The highest BCUT2D eigenvalue weighted by Gasteiger charge is 2.22. The van der Waals surface area contributed by atoms with Gasteiger partial charge in [0.05, 0.1) is 15.1 Å². The Morgan fingerprint density at radius 2 is 1.67 bits per heavy atom. The van der Waals surface area contributed by atoms with E-state index in [2.05, 4.69) is 0 Å². The van der Waals surface area contributed by atoms with E-state index in [0.717, 1.165) is 15.7 Å². The second kappa shape index (κ2) is 5.95. The van der Waals surface area contributed by atoms with Crippen LogP contribution in [0.4, 0.5) is 0 Å². The minimum atomic E-state index is -1.43. The van der Waals surface area contributed by atoms with Gasteiger partial charge < -0.3 is 9.66 Å². The molecule has 2 aromatic carbocycles. The molecule has 2 rings (SSSR count). The zero-order chi connectivity index (χ0) is 13.0. The third-order valence-corrected chi connectivity index (χ3v) is 5.11. The third-order valence-electron chi connectivity index (χ3n) is 2.21. The third kappa shape index (κ3) is 3.07. The molecule has 0 fully saturated rings. The van der Waals surface area contributed by atoms with E-state index in [-0.39, 0.29) is 5.56 Å². The number of carboxylic acid groups (broad SMARTS) is 1. The molecule has 0 saturated carbocycles. The molecular weight excluding hydrogens is 268 g/mol. The molecule has 18 heavy (non-hydrogen) atoms. The highest BCUT2D eigenvalue weighted by Crippen LogP contribution is 2.32. The monoisotopic (exact) mass is 278 g/mol. The van der Waals surface area contributed by atoms with Gasteiger partial charge >= 0.3 is 5.97 Å². The van der Waals surface area contributed by atoms with Crippen molar-refractivity contribution in [2.45, 2.75) is 9.79 Å². The van der Waals surface area contributed by atoms with Crippen LogP contribution in [0.3, 0.4) is 0 Å². The molecule has 0 aliphatic heterocycles. The molecule has 1 unspecified atom stereocenters. The molecule has 1 N–H and O–H groups in total. The van der Waals surface area contributed by atoms with Gasteiger partial charge in [-0.1, -0.05) is 30.3 Å². The smallest absolute Gasteiger partial charge is 0.340 e. The molecule has 92 valence electrons. The average molecular weight is 278 g/mol. The number of aromatic carboxylic acids is 1. The molecule has 3 nitrogen and oxygen atoms in total. The van der Waals surface area contributed by atoms with E-state index >= 15 is 0 Å². The van der Waals surface area contributed by atoms with E-state index in [4.69, 9.17) is 5.11 Å². The maximum absolute atomic E-state index is 12.2. The first-order valence-corrected chi connectivity index (χ1v) is 7.64.